The molecule has 140 valence electrons. The molecule has 0 spiro atoms. The number of carbonyl (C=O) groups excluding carboxylic acids is 3. The lowest BCUT2D eigenvalue weighted by atomic mass is 10.1. The summed E-state index contributed by atoms with van der Waals surface area (Å²) in [5.41, 5.74) is 0.901. The summed E-state index contributed by atoms with van der Waals surface area (Å²) in [7, 11) is 0. The molecule has 27 heavy (non-hydrogen) atoms. The number of anilines is 1. The Balaban J connectivity index is 1.74. The molecule has 0 atom stereocenters. The molecule has 0 radical (unpaired) electrons. The molecule has 0 unspecified atom stereocenters. The quantitative estimate of drug-likeness (QED) is 0.315. The molecule has 0 bridgehead atoms. The van der Waals surface area contributed by atoms with Crippen molar-refractivity contribution < 1.29 is 14.4 Å². The Bertz CT molecular complexity index is 910. The van der Waals surface area contributed by atoms with E-state index in [1.54, 1.807) is 6.08 Å². The van der Waals surface area contributed by atoms with Gasteiger partial charge in [0.05, 0.1) is 11.1 Å². The first-order chi connectivity index (χ1) is 13.0. The fourth-order valence-corrected chi connectivity index (χ4v) is 4.08. The molecule has 0 saturated heterocycles. The Morgan fingerprint density at radius 3 is 2.81 bits per heavy atom. The predicted octanol–water partition coefficient (Wildman–Crippen LogP) is 3.46. The first-order valence-corrected chi connectivity index (χ1v) is 10.2. The molecule has 3 amide bonds. The van der Waals surface area contributed by atoms with Gasteiger partial charge in [-0.05, 0) is 24.6 Å². The fraction of sp³-hybridized carbons (Fsp3) is 0.278. The zero-order valence-corrected chi connectivity index (χ0v) is 16.4. The number of benzene rings is 1. The minimum Gasteiger partial charge on any atom is -0.296 e. The van der Waals surface area contributed by atoms with Gasteiger partial charge in [-0.1, -0.05) is 42.5 Å². The van der Waals surface area contributed by atoms with E-state index in [0.29, 0.717) is 28.6 Å². The minimum absolute atomic E-state index is 0.267. The number of unbranched alkanes of at least 4 members (excludes halogenated alkanes) is 1. The third-order valence-electron chi connectivity index (χ3n) is 3.92. The standard InChI is InChI=1S/C18H18N4O3S2/c1-3-5-8-22-15(24)12-7-6-11(10-13(12)16(22)25)14(23)19-17-20-21-18(27-17)26-9-4-2/h4,6-7,10H,2-3,5,8-9H2,1H3,(H,19,20,23). The van der Waals surface area contributed by atoms with Crippen molar-refractivity contribution in [3.8, 4) is 0 Å². The number of thioether (sulfide) groups is 1. The SMILES string of the molecule is C=CCSc1nnc(NC(=O)c2ccc3c(c2)C(=O)N(CCCC)C3=O)s1. The van der Waals surface area contributed by atoms with Crippen LogP contribution in [-0.2, 0) is 0 Å². The number of carbonyl (C=O) groups is 3. The van der Waals surface area contributed by atoms with Gasteiger partial charge in [0.1, 0.15) is 0 Å². The summed E-state index contributed by atoms with van der Waals surface area (Å²) in [6.45, 7) is 6.03. The van der Waals surface area contributed by atoms with E-state index in [9.17, 15) is 14.4 Å². The van der Waals surface area contributed by atoms with Crippen LogP contribution in [0.2, 0.25) is 0 Å². The molecule has 7 nitrogen and oxygen atoms in total. The van der Waals surface area contributed by atoms with E-state index >= 15 is 0 Å². The molecule has 3 rings (SSSR count). The normalized spacial score (nSPS) is 13.0. The van der Waals surface area contributed by atoms with Crippen LogP contribution in [0.15, 0.2) is 35.2 Å². The lowest BCUT2D eigenvalue weighted by Crippen LogP contribution is -2.30. The molecule has 1 aromatic carbocycles. The number of fused-ring (bicyclic) bond motifs is 1. The monoisotopic (exact) mass is 402 g/mol. The molecule has 0 fully saturated rings. The molecule has 1 aromatic heterocycles. The molecular weight excluding hydrogens is 384 g/mol. The van der Waals surface area contributed by atoms with Crippen LogP contribution in [-0.4, -0.2) is 45.1 Å². The number of rotatable bonds is 8. The fourth-order valence-electron chi connectivity index (χ4n) is 2.57. The molecule has 0 aliphatic carbocycles. The van der Waals surface area contributed by atoms with Crippen molar-refractivity contribution in [2.24, 2.45) is 0 Å². The molecule has 0 saturated carbocycles. The van der Waals surface area contributed by atoms with E-state index < -0.39 is 5.91 Å². The maximum Gasteiger partial charge on any atom is 0.261 e. The highest BCUT2D eigenvalue weighted by molar-refractivity contribution is 8.01. The first kappa shape index (κ1) is 19.2. The van der Waals surface area contributed by atoms with Crippen molar-refractivity contribution in [3.05, 3.63) is 47.5 Å². The van der Waals surface area contributed by atoms with Crippen LogP contribution < -0.4 is 5.32 Å². The van der Waals surface area contributed by atoms with E-state index in [2.05, 4.69) is 22.1 Å². The zero-order chi connectivity index (χ0) is 19.4. The zero-order valence-electron chi connectivity index (χ0n) is 14.7. The second-order valence-corrected chi connectivity index (χ2v) is 8.05. The summed E-state index contributed by atoms with van der Waals surface area (Å²) in [5, 5.41) is 11.0. The molecule has 1 aliphatic heterocycles. The smallest absolute Gasteiger partial charge is 0.261 e. The molecule has 9 heteroatoms. The highest BCUT2D eigenvalue weighted by atomic mass is 32.2. The Morgan fingerprint density at radius 2 is 2.07 bits per heavy atom. The molecular formula is C18H18N4O3S2. The Kier molecular flexibility index (Phi) is 6.02. The molecule has 2 heterocycles. The van der Waals surface area contributed by atoms with E-state index in [1.165, 1.54) is 46.2 Å². The van der Waals surface area contributed by atoms with Crippen molar-refractivity contribution in [3.63, 3.8) is 0 Å². The van der Waals surface area contributed by atoms with Crippen LogP contribution in [0.1, 0.15) is 50.8 Å². The largest absolute Gasteiger partial charge is 0.296 e. The van der Waals surface area contributed by atoms with Crippen LogP contribution in [0.3, 0.4) is 0 Å². The van der Waals surface area contributed by atoms with Crippen LogP contribution in [0.5, 0.6) is 0 Å². The molecule has 1 aliphatic rings. The second kappa shape index (κ2) is 8.45. The maximum absolute atomic E-state index is 12.5. The van der Waals surface area contributed by atoms with E-state index in [-0.39, 0.29) is 17.4 Å². The second-order valence-electron chi connectivity index (χ2n) is 5.80. The van der Waals surface area contributed by atoms with Gasteiger partial charge >= 0.3 is 0 Å². The number of nitrogens with one attached hydrogen (secondary N) is 1. The summed E-state index contributed by atoms with van der Waals surface area (Å²) in [5.74, 6) is -0.347. The number of nitrogens with zero attached hydrogens (tertiary/aromatic N) is 3. The molecule has 2 aromatic rings. The first-order valence-electron chi connectivity index (χ1n) is 8.44. The summed E-state index contributed by atoms with van der Waals surface area (Å²) in [4.78, 5) is 38.6. The van der Waals surface area contributed by atoms with Gasteiger partial charge < -0.3 is 0 Å². The van der Waals surface area contributed by atoms with Gasteiger partial charge in [-0.15, -0.1) is 16.8 Å². The third kappa shape index (κ3) is 4.09. The maximum atomic E-state index is 12.5. The Labute approximate surface area is 164 Å². The van der Waals surface area contributed by atoms with Crippen LogP contribution in [0.4, 0.5) is 5.13 Å². The topological polar surface area (TPSA) is 92.3 Å². The summed E-state index contributed by atoms with van der Waals surface area (Å²) in [6.07, 6.45) is 3.40. The van der Waals surface area contributed by atoms with Gasteiger partial charge in [0.15, 0.2) is 4.34 Å². The van der Waals surface area contributed by atoms with E-state index in [4.69, 9.17) is 0 Å². The number of hydrogen-bond donors (Lipinski definition) is 1. The summed E-state index contributed by atoms with van der Waals surface area (Å²) in [6, 6.07) is 4.53. The lowest BCUT2D eigenvalue weighted by molar-refractivity contribution is 0.0652. The van der Waals surface area contributed by atoms with Crippen LogP contribution in [0.25, 0.3) is 0 Å². The average Bonchev–Trinajstić information content (AvgIpc) is 3.21. The highest BCUT2D eigenvalue weighted by Crippen LogP contribution is 2.27. The van der Waals surface area contributed by atoms with Crippen molar-refractivity contribution >= 4 is 46.0 Å². The number of amides is 3. The highest BCUT2D eigenvalue weighted by Gasteiger charge is 2.35. The lowest BCUT2D eigenvalue weighted by Gasteiger charge is -2.12. The third-order valence-corrected chi connectivity index (χ3v) is 5.89. The Hall–Kier alpha value is -2.52. The van der Waals surface area contributed by atoms with Crippen molar-refractivity contribution in [1.29, 1.82) is 0 Å². The van der Waals surface area contributed by atoms with Crippen LogP contribution >= 0.6 is 23.1 Å². The van der Waals surface area contributed by atoms with Gasteiger partial charge in [0.2, 0.25) is 5.13 Å². The summed E-state index contributed by atoms with van der Waals surface area (Å²) >= 11 is 2.74. The van der Waals surface area contributed by atoms with Gasteiger partial charge in [-0.3, -0.25) is 24.6 Å². The van der Waals surface area contributed by atoms with Crippen molar-refractivity contribution in [2.75, 3.05) is 17.6 Å². The number of imide groups is 1. The molecule has 1 N–H and O–H groups in total. The van der Waals surface area contributed by atoms with Crippen molar-refractivity contribution in [2.45, 2.75) is 24.1 Å². The van der Waals surface area contributed by atoms with E-state index in [1.807, 2.05) is 6.92 Å². The minimum atomic E-state index is -0.401. The van der Waals surface area contributed by atoms with Gasteiger partial charge in [-0.25, -0.2) is 0 Å². The Morgan fingerprint density at radius 1 is 1.30 bits per heavy atom. The number of hydrogen-bond acceptors (Lipinski definition) is 7. The van der Waals surface area contributed by atoms with Gasteiger partial charge in [-0.2, -0.15) is 0 Å². The summed E-state index contributed by atoms with van der Waals surface area (Å²) < 4.78 is 0.728. The van der Waals surface area contributed by atoms with Gasteiger partial charge in [0, 0.05) is 17.9 Å². The van der Waals surface area contributed by atoms with E-state index in [0.717, 1.165) is 17.2 Å². The average molecular weight is 403 g/mol. The predicted molar refractivity (Wildman–Crippen MR) is 106 cm³/mol. The van der Waals surface area contributed by atoms with Gasteiger partial charge in [0.25, 0.3) is 17.7 Å². The number of aromatic nitrogens is 2. The van der Waals surface area contributed by atoms with Crippen molar-refractivity contribution in [1.82, 2.24) is 15.1 Å². The van der Waals surface area contributed by atoms with Crippen LogP contribution in [0, 0.1) is 0 Å².